The molecular formula is C26H31ClN2O2. The highest BCUT2D eigenvalue weighted by Gasteiger charge is 2.25. The van der Waals surface area contributed by atoms with Gasteiger partial charge in [-0.3, -0.25) is 4.79 Å². The first kappa shape index (κ1) is 23.0. The molecule has 31 heavy (non-hydrogen) atoms. The summed E-state index contributed by atoms with van der Waals surface area (Å²) >= 11 is 6.23. The average Bonchev–Trinajstić information content (AvgIpc) is 3.00. The van der Waals surface area contributed by atoms with E-state index in [1.807, 2.05) is 44.2 Å². The van der Waals surface area contributed by atoms with Gasteiger partial charge in [0.05, 0.1) is 12.7 Å². The van der Waals surface area contributed by atoms with Crippen LogP contribution >= 0.6 is 11.6 Å². The van der Waals surface area contributed by atoms with Crippen LogP contribution in [-0.2, 0) is 13.0 Å². The van der Waals surface area contributed by atoms with Crippen molar-refractivity contribution in [1.82, 2.24) is 4.57 Å². The standard InChI is InChI=1S/C26H31ClN2O2/c1-5-6-7-11-22-25(20-12-13-23(31-4)17(2)14-20)24(26(28)30)18(3)29(22)16-19-9-8-10-21(27)15-19/h8-10,12-15H,5-7,11,16H2,1-4H3,(H2,28,30). The smallest absolute Gasteiger partial charge is 0.251 e. The molecule has 0 bridgehead atoms. The highest BCUT2D eigenvalue weighted by molar-refractivity contribution is 6.30. The lowest BCUT2D eigenvalue weighted by Crippen LogP contribution is -2.13. The Bertz CT molecular complexity index is 1090. The zero-order valence-corrected chi connectivity index (χ0v) is 19.6. The minimum atomic E-state index is -0.400. The van der Waals surface area contributed by atoms with Crippen LogP contribution < -0.4 is 10.5 Å². The molecule has 1 heterocycles. The number of carbonyl (C=O) groups is 1. The summed E-state index contributed by atoms with van der Waals surface area (Å²) in [5.41, 5.74) is 12.6. The van der Waals surface area contributed by atoms with Gasteiger partial charge in [0.25, 0.3) is 5.91 Å². The largest absolute Gasteiger partial charge is 0.496 e. The number of primary amides is 1. The Kier molecular flexibility index (Phi) is 7.45. The van der Waals surface area contributed by atoms with E-state index in [1.165, 1.54) is 0 Å². The Morgan fingerprint density at radius 1 is 1.13 bits per heavy atom. The van der Waals surface area contributed by atoms with Gasteiger partial charge in [0, 0.05) is 28.5 Å². The number of nitrogens with two attached hydrogens (primary N) is 1. The fourth-order valence-corrected chi connectivity index (χ4v) is 4.49. The van der Waals surface area contributed by atoms with Gasteiger partial charge in [-0.2, -0.15) is 0 Å². The predicted octanol–water partition coefficient (Wildman–Crippen LogP) is 6.31. The van der Waals surface area contributed by atoms with Crippen molar-refractivity contribution in [3.8, 4) is 16.9 Å². The number of amides is 1. The van der Waals surface area contributed by atoms with Crippen LogP contribution in [0.5, 0.6) is 5.75 Å². The molecule has 164 valence electrons. The molecule has 1 amide bonds. The zero-order chi connectivity index (χ0) is 22.5. The van der Waals surface area contributed by atoms with Crippen molar-refractivity contribution in [2.45, 2.75) is 53.0 Å². The molecule has 3 rings (SSSR count). The number of aryl methyl sites for hydroxylation is 1. The van der Waals surface area contributed by atoms with Crippen LogP contribution in [0.4, 0.5) is 0 Å². The van der Waals surface area contributed by atoms with E-state index in [0.717, 1.165) is 65.1 Å². The molecule has 0 aliphatic heterocycles. The third-order valence-corrected chi connectivity index (χ3v) is 6.04. The molecular weight excluding hydrogens is 408 g/mol. The summed E-state index contributed by atoms with van der Waals surface area (Å²) in [6, 6.07) is 13.9. The first-order chi connectivity index (χ1) is 14.9. The number of methoxy groups -OCH3 is 1. The Labute approximate surface area is 190 Å². The van der Waals surface area contributed by atoms with E-state index in [9.17, 15) is 4.79 Å². The maximum atomic E-state index is 12.6. The summed E-state index contributed by atoms with van der Waals surface area (Å²) in [5.74, 6) is 0.426. The highest BCUT2D eigenvalue weighted by Crippen LogP contribution is 2.36. The number of nitrogens with zero attached hydrogens (tertiary/aromatic N) is 1. The number of benzene rings is 2. The molecule has 0 aliphatic carbocycles. The van der Waals surface area contributed by atoms with Gasteiger partial charge in [-0.25, -0.2) is 0 Å². The van der Waals surface area contributed by atoms with Crippen molar-refractivity contribution < 1.29 is 9.53 Å². The van der Waals surface area contributed by atoms with Gasteiger partial charge >= 0.3 is 0 Å². The number of halogens is 1. The molecule has 2 N–H and O–H groups in total. The highest BCUT2D eigenvalue weighted by atomic mass is 35.5. The summed E-state index contributed by atoms with van der Waals surface area (Å²) in [5, 5.41) is 0.705. The molecule has 0 unspecified atom stereocenters. The van der Waals surface area contributed by atoms with Crippen LogP contribution in [0.2, 0.25) is 5.02 Å². The summed E-state index contributed by atoms with van der Waals surface area (Å²) in [6.45, 7) is 6.83. The van der Waals surface area contributed by atoms with Crippen molar-refractivity contribution in [3.63, 3.8) is 0 Å². The van der Waals surface area contributed by atoms with Crippen LogP contribution in [-0.4, -0.2) is 17.6 Å². The number of hydrogen-bond acceptors (Lipinski definition) is 2. The van der Waals surface area contributed by atoms with Crippen LogP contribution in [0.25, 0.3) is 11.1 Å². The molecule has 0 atom stereocenters. The van der Waals surface area contributed by atoms with Gasteiger partial charge in [-0.05, 0) is 67.6 Å². The Morgan fingerprint density at radius 2 is 1.90 bits per heavy atom. The van der Waals surface area contributed by atoms with E-state index in [2.05, 4.69) is 23.6 Å². The van der Waals surface area contributed by atoms with Gasteiger partial charge < -0.3 is 15.0 Å². The third-order valence-electron chi connectivity index (χ3n) is 5.81. The quantitative estimate of drug-likeness (QED) is 0.397. The maximum absolute atomic E-state index is 12.6. The van der Waals surface area contributed by atoms with E-state index >= 15 is 0 Å². The van der Waals surface area contributed by atoms with Crippen molar-refractivity contribution in [3.05, 3.63) is 75.6 Å². The molecule has 0 aliphatic rings. The number of carbonyl (C=O) groups excluding carboxylic acids is 1. The lowest BCUT2D eigenvalue weighted by molar-refractivity contribution is 0.1000. The molecule has 3 aromatic rings. The van der Waals surface area contributed by atoms with Crippen LogP contribution in [0.15, 0.2) is 42.5 Å². The molecule has 0 fully saturated rings. The van der Waals surface area contributed by atoms with E-state index in [-0.39, 0.29) is 0 Å². The number of rotatable bonds is 9. The third kappa shape index (κ3) is 4.96. The van der Waals surface area contributed by atoms with E-state index in [1.54, 1.807) is 7.11 Å². The second-order valence-corrected chi connectivity index (χ2v) is 8.44. The lowest BCUT2D eigenvalue weighted by atomic mass is 9.96. The van der Waals surface area contributed by atoms with Crippen molar-refractivity contribution in [1.29, 1.82) is 0 Å². The van der Waals surface area contributed by atoms with Crippen LogP contribution in [0, 0.1) is 13.8 Å². The predicted molar refractivity (Wildman–Crippen MR) is 128 cm³/mol. The minimum absolute atomic E-state index is 0.400. The Balaban J connectivity index is 2.21. The molecule has 0 radical (unpaired) electrons. The molecule has 1 aromatic heterocycles. The fraction of sp³-hybridized carbons (Fsp3) is 0.346. The Hall–Kier alpha value is -2.72. The SMILES string of the molecule is CCCCCc1c(-c2ccc(OC)c(C)c2)c(C(N)=O)c(C)n1Cc1cccc(Cl)c1. The maximum Gasteiger partial charge on any atom is 0.251 e. The molecule has 2 aromatic carbocycles. The first-order valence-corrected chi connectivity index (χ1v) is 11.2. The van der Waals surface area contributed by atoms with Gasteiger partial charge in [-0.1, -0.05) is 49.6 Å². The molecule has 5 heteroatoms. The topological polar surface area (TPSA) is 57.2 Å². The van der Waals surface area contributed by atoms with Crippen LogP contribution in [0.3, 0.4) is 0 Å². The molecule has 0 spiro atoms. The number of unbranched alkanes of at least 4 members (excludes halogenated alkanes) is 2. The number of ether oxygens (including phenoxy) is 1. The van der Waals surface area contributed by atoms with Crippen LogP contribution in [0.1, 0.15) is 59.1 Å². The Morgan fingerprint density at radius 3 is 2.52 bits per heavy atom. The second-order valence-electron chi connectivity index (χ2n) is 8.00. The van der Waals surface area contributed by atoms with Gasteiger partial charge in [0.15, 0.2) is 0 Å². The van der Waals surface area contributed by atoms with Crippen molar-refractivity contribution in [2.24, 2.45) is 5.73 Å². The molecule has 4 nitrogen and oxygen atoms in total. The number of aromatic nitrogens is 1. The van der Waals surface area contributed by atoms with Gasteiger partial charge in [0.1, 0.15) is 5.75 Å². The normalized spacial score (nSPS) is 11.0. The second kappa shape index (κ2) is 10.1. The minimum Gasteiger partial charge on any atom is -0.496 e. The first-order valence-electron chi connectivity index (χ1n) is 10.8. The van der Waals surface area contributed by atoms with E-state index < -0.39 is 5.91 Å². The van der Waals surface area contributed by atoms with Crippen molar-refractivity contribution >= 4 is 17.5 Å². The van der Waals surface area contributed by atoms with Gasteiger partial charge in [-0.15, -0.1) is 0 Å². The van der Waals surface area contributed by atoms with E-state index in [0.29, 0.717) is 17.1 Å². The van der Waals surface area contributed by atoms with E-state index in [4.69, 9.17) is 22.1 Å². The summed E-state index contributed by atoms with van der Waals surface area (Å²) in [4.78, 5) is 12.6. The fourth-order valence-electron chi connectivity index (χ4n) is 4.28. The number of hydrogen-bond donors (Lipinski definition) is 1. The molecule has 0 saturated carbocycles. The molecule has 0 saturated heterocycles. The lowest BCUT2D eigenvalue weighted by Gasteiger charge is -2.14. The summed E-state index contributed by atoms with van der Waals surface area (Å²) in [7, 11) is 1.67. The summed E-state index contributed by atoms with van der Waals surface area (Å²) in [6.07, 6.45) is 4.20. The monoisotopic (exact) mass is 438 g/mol. The zero-order valence-electron chi connectivity index (χ0n) is 18.8. The summed E-state index contributed by atoms with van der Waals surface area (Å²) < 4.78 is 7.67. The average molecular weight is 439 g/mol. The van der Waals surface area contributed by atoms with Crippen molar-refractivity contribution in [2.75, 3.05) is 7.11 Å². The van der Waals surface area contributed by atoms with Gasteiger partial charge in [0.2, 0.25) is 0 Å².